The van der Waals surface area contributed by atoms with Crippen molar-refractivity contribution >= 4 is 17.4 Å². The Balaban J connectivity index is 2.19. The molecule has 4 heteroatoms. The molecule has 2 rings (SSSR count). The lowest BCUT2D eigenvalue weighted by Gasteiger charge is -2.00. The molecule has 0 saturated heterocycles. The number of nitrogens with zero attached hydrogens (tertiary/aromatic N) is 2. The van der Waals surface area contributed by atoms with E-state index in [1.54, 1.807) is 4.68 Å². The van der Waals surface area contributed by atoms with Gasteiger partial charge in [-0.3, -0.25) is 9.48 Å². The van der Waals surface area contributed by atoms with Gasteiger partial charge in [0.1, 0.15) is 5.78 Å². The number of ketones is 1. The Kier molecular flexibility index (Phi) is 2.83. The summed E-state index contributed by atoms with van der Waals surface area (Å²) in [5, 5.41) is 4.97. The van der Waals surface area contributed by atoms with Crippen molar-refractivity contribution in [1.82, 2.24) is 9.78 Å². The fraction of sp³-hybridized carbons (Fsp3) is 0.636. The second-order valence-corrected chi connectivity index (χ2v) is 4.48. The number of Topliss-reactive ketones (excluding diaryl/α,β-unsaturated/α-hetero) is 1. The van der Waals surface area contributed by atoms with Crippen LogP contribution in [0.3, 0.4) is 0 Å². The highest BCUT2D eigenvalue weighted by atomic mass is 35.5. The fourth-order valence-electron chi connectivity index (χ4n) is 1.73. The molecule has 0 N–H and O–H groups in total. The van der Waals surface area contributed by atoms with Gasteiger partial charge >= 0.3 is 0 Å². The van der Waals surface area contributed by atoms with Gasteiger partial charge in [-0.05, 0) is 19.3 Å². The van der Waals surface area contributed by atoms with Crippen molar-refractivity contribution in [1.29, 1.82) is 0 Å². The van der Waals surface area contributed by atoms with Crippen LogP contribution in [0.25, 0.3) is 0 Å². The molecule has 1 heterocycles. The second-order valence-electron chi connectivity index (χ2n) is 4.10. The monoisotopic (exact) mass is 226 g/mol. The van der Waals surface area contributed by atoms with E-state index in [2.05, 4.69) is 5.10 Å². The van der Waals surface area contributed by atoms with E-state index in [1.165, 1.54) is 0 Å². The minimum atomic E-state index is 0.293. The van der Waals surface area contributed by atoms with Gasteiger partial charge < -0.3 is 0 Å². The molecular formula is C11H15ClN2O. The van der Waals surface area contributed by atoms with Gasteiger partial charge in [0.2, 0.25) is 0 Å². The van der Waals surface area contributed by atoms with Crippen molar-refractivity contribution in [2.45, 2.75) is 32.6 Å². The molecule has 0 spiro atoms. The quantitative estimate of drug-likeness (QED) is 0.789. The van der Waals surface area contributed by atoms with Crippen molar-refractivity contribution in [3.05, 3.63) is 16.4 Å². The Bertz CT molecular complexity index is 394. The molecule has 15 heavy (non-hydrogen) atoms. The molecule has 0 bridgehead atoms. The van der Waals surface area contributed by atoms with Gasteiger partial charge in [0.15, 0.2) is 0 Å². The number of carbonyl (C=O) groups is 1. The number of halogens is 1. The lowest BCUT2D eigenvalue weighted by atomic mass is 10.1. The van der Waals surface area contributed by atoms with Crippen LogP contribution in [0.2, 0.25) is 5.02 Å². The summed E-state index contributed by atoms with van der Waals surface area (Å²) < 4.78 is 1.74. The highest BCUT2D eigenvalue weighted by Gasteiger charge is 2.30. The van der Waals surface area contributed by atoms with Crippen LogP contribution in [0.1, 0.15) is 31.2 Å². The average Bonchev–Trinajstić information content (AvgIpc) is 3.00. The van der Waals surface area contributed by atoms with E-state index in [4.69, 9.17) is 11.6 Å². The Morgan fingerprint density at radius 3 is 2.73 bits per heavy atom. The number of hydrogen-bond donors (Lipinski definition) is 0. The van der Waals surface area contributed by atoms with Gasteiger partial charge in [-0.2, -0.15) is 5.10 Å². The molecule has 1 aliphatic rings. The summed E-state index contributed by atoms with van der Waals surface area (Å²) in [4.78, 5) is 11.7. The van der Waals surface area contributed by atoms with E-state index in [0.29, 0.717) is 23.1 Å². The Morgan fingerprint density at radius 1 is 1.60 bits per heavy atom. The standard InChI is InChI=1S/C11H15ClN2O/c1-3-8-11(12)9(14(2)13-8)6-10(15)7-4-5-7/h7H,3-6H2,1-2H3. The van der Waals surface area contributed by atoms with Gasteiger partial charge in [-0.1, -0.05) is 18.5 Å². The number of rotatable bonds is 4. The van der Waals surface area contributed by atoms with E-state index in [0.717, 1.165) is 30.7 Å². The van der Waals surface area contributed by atoms with Gasteiger partial charge in [0.25, 0.3) is 0 Å². The molecule has 1 aliphatic carbocycles. The zero-order valence-electron chi connectivity index (χ0n) is 9.09. The fourth-order valence-corrected chi connectivity index (χ4v) is 2.09. The molecule has 1 aromatic heterocycles. The van der Waals surface area contributed by atoms with Crippen molar-refractivity contribution in [3.8, 4) is 0 Å². The van der Waals surface area contributed by atoms with Gasteiger partial charge in [-0.25, -0.2) is 0 Å². The molecule has 0 aliphatic heterocycles. The van der Waals surface area contributed by atoms with Crippen LogP contribution in [-0.4, -0.2) is 15.6 Å². The lowest BCUT2D eigenvalue weighted by molar-refractivity contribution is -0.119. The molecule has 0 amide bonds. The third-order valence-corrected chi connectivity index (χ3v) is 3.31. The highest BCUT2D eigenvalue weighted by Crippen LogP contribution is 2.32. The number of aryl methyl sites for hydroxylation is 2. The van der Waals surface area contributed by atoms with Crippen molar-refractivity contribution in [2.75, 3.05) is 0 Å². The van der Waals surface area contributed by atoms with E-state index < -0.39 is 0 Å². The zero-order chi connectivity index (χ0) is 11.0. The second kappa shape index (κ2) is 3.97. The van der Waals surface area contributed by atoms with Crippen LogP contribution < -0.4 is 0 Å². The number of aromatic nitrogens is 2. The highest BCUT2D eigenvalue weighted by molar-refractivity contribution is 6.32. The summed E-state index contributed by atoms with van der Waals surface area (Å²) in [7, 11) is 1.85. The van der Waals surface area contributed by atoms with Crippen molar-refractivity contribution in [3.63, 3.8) is 0 Å². The number of carbonyl (C=O) groups excluding carboxylic acids is 1. The summed E-state index contributed by atoms with van der Waals surface area (Å²) in [6.45, 7) is 2.01. The van der Waals surface area contributed by atoms with Crippen LogP contribution in [-0.2, 0) is 24.7 Å². The van der Waals surface area contributed by atoms with Crippen LogP contribution in [0.4, 0.5) is 0 Å². The SMILES string of the molecule is CCc1nn(C)c(CC(=O)C2CC2)c1Cl. The maximum absolute atomic E-state index is 11.7. The third kappa shape index (κ3) is 2.07. The minimum Gasteiger partial charge on any atom is -0.299 e. The average molecular weight is 227 g/mol. The Hall–Kier alpha value is -0.830. The molecule has 1 fully saturated rings. The molecule has 82 valence electrons. The predicted molar refractivity (Wildman–Crippen MR) is 59.0 cm³/mol. The Labute approximate surface area is 94.4 Å². The third-order valence-electron chi connectivity index (χ3n) is 2.88. The normalized spacial score (nSPS) is 15.7. The van der Waals surface area contributed by atoms with Crippen LogP contribution in [0.15, 0.2) is 0 Å². The maximum atomic E-state index is 11.7. The molecule has 1 saturated carbocycles. The largest absolute Gasteiger partial charge is 0.299 e. The van der Waals surface area contributed by atoms with E-state index >= 15 is 0 Å². The topological polar surface area (TPSA) is 34.9 Å². The molecule has 0 radical (unpaired) electrons. The van der Waals surface area contributed by atoms with Crippen molar-refractivity contribution in [2.24, 2.45) is 13.0 Å². The summed E-state index contributed by atoms with van der Waals surface area (Å²) in [5.74, 6) is 0.601. The first kappa shape index (κ1) is 10.7. The Morgan fingerprint density at radius 2 is 2.27 bits per heavy atom. The first-order valence-corrected chi connectivity index (χ1v) is 5.74. The van der Waals surface area contributed by atoms with Crippen LogP contribution in [0, 0.1) is 5.92 Å². The smallest absolute Gasteiger partial charge is 0.141 e. The zero-order valence-corrected chi connectivity index (χ0v) is 9.84. The molecule has 0 unspecified atom stereocenters. The summed E-state index contributed by atoms with van der Waals surface area (Å²) in [6.07, 6.45) is 3.35. The van der Waals surface area contributed by atoms with Gasteiger partial charge in [0.05, 0.1) is 22.8 Å². The molecule has 1 aromatic rings. The first-order chi connectivity index (χ1) is 7.13. The number of hydrogen-bond acceptors (Lipinski definition) is 2. The van der Waals surface area contributed by atoms with Crippen LogP contribution >= 0.6 is 11.6 Å². The minimum absolute atomic E-state index is 0.293. The molecule has 0 aromatic carbocycles. The van der Waals surface area contributed by atoms with E-state index in [1.807, 2.05) is 14.0 Å². The van der Waals surface area contributed by atoms with E-state index in [-0.39, 0.29) is 0 Å². The molecule has 0 atom stereocenters. The summed E-state index contributed by atoms with van der Waals surface area (Å²) in [5.41, 5.74) is 1.75. The van der Waals surface area contributed by atoms with Gasteiger partial charge in [0, 0.05) is 13.0 Å². The first-order valence-electron chi connectivity index (χ1n) is 5.36. The van der Waals surface area contributed by atoms with Crippen LogP contribution in [0.5, 0.6) is 0 Å². The summed E-state index contributed by atoms with van der Waals surface area (Å²) in [6, 6.07) is 0. The molecule has 3 nitrogen and oxygen atoms in total. The maximum Gasteiger partial charge on any atom is 0.141 e. The molecular weight excluding hydrogens is 212 g/mol. The summed E-state index contributed by atoms with van der Waals surface area (Å²) >= 11 is 6.16. The van der Waals surface area contributed by atoms with Gasteiger partial charge in [-0.15, -0.1) is 0 Å². The predicted octanol–water partition coefficient (Wildman–Crippen LogP) is 2.16. The van der Waals surface area contributed by atoms with Crippen molar-refractivity contribution < 1.29 is 4.79 Å². The van der Waals surface area contributed by atoms with E-state index in [9.17, 15) is 4.79 Å². The lowest BCUT2D eigenvalue weighted by Crippen LogP contribution is -2.09.